The van der Waals surface area contributed by atoms with E-state index in [-0.39, 0.29) is 25.5 Å². The molecular weight excluding hydrogens is 462 g/mol. The summed E-state index contributed by atoms with van der Waals surface area (Å²) in [5.74, 6) is -0.316. The number of nitrogens with one attached hydrogen (secondary N) is 1. The minimum Gasteiger partial charge on any atom is -0.464 e. The molecule has 1 saturated heterocycles. The number of ether oxygens (including phenoxy) is 2. The summed E-state index contributed by atoms with van der Waals surface area (Å²) in [5, 5.41) is 3.94. The van der Waals surface area contributed by atoms with Gasteiger partial charge in [0.15, 0.2) is 6.04 Å². The maximum absolute atomic E-state index is 13.4. The van der Waals surface area contributed by atoms with Gasteiger partial charge in [-0.1, -0.05) is 60.7 Å². The van der Waals surface area contributed by atoms with Gasteiger partial charge in [-0.3, -0.25) is 10.2 Å². The molecule has 1 fully saturated rings. The van der Waals surface area contributed by atoms with Crippen LogP contribution < -0.4 is 10.1 Å². The van der Waals surface area contributed by atoms with Crippen LogP contribution in [-0.4, -0.2) is 41.2 Å². The number of hydrogen-bond donors (Lipinski definition) is 1. The summed E-state index contributed by atoms with van der Waals surface area (Å²) in [4.78, 5) is 46.4. The largest absolute Gasteiger partial charge is 0.464 e. The first-order chi connectivity index (χ1) is 17.6. The lowest BCUT2D eigenvalue weighted by atomic mass is 9.90. The Balaban J connectivity index is 1.47. The number of amides is 3. The van der Waals surface area contributed by atoms with Gasteiger partial charge in [0, 0.05) is 11.3 Å². The third-order valence-electron chi connectivity index (χ3n) is 6.07. The van der Waals surface area contributed by atoms with E-state index in [2.05, 4.69) is 5.32 Å². The van der Waals surface area contributed by atoms with Gasteiger partial charge in [-0.15, -0.1) is 0 Å². The van der Waals surface area contributed by atoms with Crippen LogP contribution in [0, 0.1) is 0 Å². The van der Waals surface area contributed by atoms with Gasteiger partial charge in [-0.05, 0) is 36.2 Å². The molecule has 1 unspecified atom stereocenters. The Kier molecular flexibility index (Phi) is 6.55. The number of carbonyl (C=O) groups excluding carboxylic acids is 3. The lowest BCUT2D eigenvalue weighted by Crippen LogP contribution is -2.39. The van der Waals surface area contributed by atoms with Gasteiger partial charge in [-0.2, -0.15) is 5.06 Å². The number of esters is 1. The fourth-order valence-corrected chi connectivity index (χ4v) is 4.54. The van der Waals surface area contributed by atoms with Crippen LogP contribution in [0.15, 0.2) is 78.9 Å². The zero-order valence-electron chi connectivity index (χ0n) is 19.6. The van der Waals surface area contributed by atoms with Crippen LogP contribution in [0.3, 0.4) is 0 Å². The summed E-state index contributed by atoms with van der Waals surface area (Å²) in [7, 11) is 0. The molecule has 3 aromatic rings. The van der Waals surface area contributed by atoms with Crippen molar-refractivity contribution in [1.82, 2.24) is 9.96 Å². The van der Waals surface area contributed by atoms with E-state index in [1.807, 2.05) is 36.4 Å². The third-order valence-corrected chi connectivity index (χ3v) is 6.07. The molecule has 9 nitrogen and oxygen atoms in total. The van der Waals surface area contributed by atoms with Crippen molar-refractivity contribution in [3.8, 4) is 5.75 Å². The summed E-state index contributed by atoms with van der Waals surface area (Å²) < 4.78 is 11.0. The monoisotopic (exact) mass is 487 g/mol. The molecule has 2 aliphatic rings. The predicted molar refractivity (Wildman–Crippen MR) is 130 cm³/mol. The average Bonchev–Trinajstić information content (AvgIpc) is 3.15. The Morgan fingerprint density at radius 3 is 2.42 bits per heavy atom. The van der Waals surface area contributed by atoms with Crippen LogP contribution in [0.25, 0.3) is 0 Å². The normalized spacial score (nSPS) is 18.0. The number of urea groups is 1. The Hall–Kier alpha value is -4.37. The molecule has 2 aliphatic heterocycles. The molecule has 0 radical (unpaired) electrons. The van der Waals surface area contributed by atoms with Crippen LogP contribution >= 0.6 is 0 Å². The van der Waals surface area contributed by atoms with Gasteiger partial charge in [0.2, 0.25) is 0 Å². The number of rotatable bonds is 7. The number of carbonyl (C=O) groups is 3. The fraction of sp³-hybridized carbons (Fsp3) is 0.222. The van der Waals surface area contributed by atoms with Crippen LogP contribution in [0.1, 0.15) is 35.7 Å². The number of fused-ring (bicyclic) bond motifs is 4. The summed E-state index contributed by atoms with van der Waals surface area (Å²) in [6.07, 6.45) is -0.689. The Morgan fingerprint density at radius 1 is 0.972 bits per heavy atom. The maximum Gasteiger partial charge on any atom is 0.417 e. The molecule has 2 heterocycles. The van der Waals surface area contributed by atoms with E-state index in [9.17, 15) is 14.4 Å². The Morgan fingerprint density at radius 2 is 1.69 bits per heavy atom. The summed E-state index contributed by atoms with van der Waals surface area (Å²) in [6, 6.07) is 21.4. The number of hydroxylamine groups is 2. The van der Waals surface area contributed by atoms with Crippen molar-refractivity contribution in [1.29, 1.82) is 0 Å². The summed E-state index contributed by atoms with van der Waals surface area (Å²) in [5.41, 5.74) is 2.53. The topological polar surface area (TPSA) is 97.4 Å². The summed E-state index contributed by atoms with van der Waals surface area (Å²) >= 11 is 0. The molecule has 5 rings (SSSR count). The van der Waals surface area contributed by atoms with Gasteiger partial charge in [0.25, 0.3) is 0 Å². The number of anilines is 1. The number of nitrogens with zero attached hydrogens (tertiary/aromatic N) is 2. The molecule has 3 amide bonds. The first-order valence-corrected chi connectivity index (χ1v) is 11.7. The molecule has 9 heteroatoms. The average molecular weight is 488 g/mol. The van der Waals surface area contributed by atoms with Crippen molar-refractivity contribution in [3.05, 3.63) is 95.6 Å². The maximum atomic E-state index is 13.4. The fourth-order valence-electron chi connectivity index (χ4n) is 4.54. The van der Waals surface area contributed by atoms with Gasteiger partial charge < -0.3 is 14.4 Å². The van der Waals surface area contributed by atoms with Crippen molar-refractivity contribution in [2.24, 2.45) is 0 Å². The van der Waals surface area contributed by atoms with Crippen molar-refractivity contribution in [3.63, 3.8) is 0 Å². The number of para-hydroxylation sites is 1. The molecule has 2 atom stereocenters. The molecule has 36 heavy (non-hydrogen) atoms. The standard InChI is InChI=1S/C27H25N3O6/c1-2-34-25(31)24-20-14-9-15-22(36-26(32)28-19-12-7-4-8-13-19)23(20)21-16-29(24)27(33)30(21)35-17-18-10-5-3-6-11-18/h3-15,21,24H,2,16-17H2,1H3,(H,28,32)/t21-,24?/m1/s1. The van der Waals surface area contributed by atoms with E-state index >= 15 is 0 Å². The van der Waals surface area contributed by atoms with Gasteiger partial charge in [0.1, 0.15) is 18.4 Å². The van der Waals surface area contributed by atoms with Crippen LogP contribution in [0.2, 0.25) is 0 Å². The number of benzene rings is 3. The minimum atomic E-state index is -0.977. The SMILES string of the molecule is CCOC(=O)C1c2cccc(OC(=O)Nc3ccccc3)c2[C@H]2CN1C(=O)N2OCc1ccccc1. The highest BCUT2D eigenvalue weighted by Crippen LogP contribution is 2.48. The van der Waals surface area contributed by atoms with Crippen LogP contribution in [0.4, 0.5) is 15.3 Å². The Labute approximate surface area is 208 Å². The molecule has 2 bridgehead atoms. The first kappa shape index (κ1) is 23.4. The zero-order valence-corrected chi connectivity index (χ0v) is 19.6. The van der Waals surface area contributed by atoms with Crippen LogP contribution in [0.5, 0.6) is 5.75 Å². The van der Waals surface area contributed by atoms with Crippen molar-refractivity contribution in [2.75, 3.05) is 18.5 Å². The molecule has 0 aromatic heterocycles. The lowest BCUT2D eigenvalue weighted by molar-refractivity contribution is -0.149. The van der Waals surface area contributed by atoms with Gasteiger partial charge in [0.05, 0.1) is 13.2 Å². The minimum absolute atomic E-state index is 0.161. The third kappa shape index (κ3) is 4.48. The second-order valence-electron chi connectivity index (χ2n) is 8.33. The van der Waals surface area contributed by atoms with Crippen molar-refractivity contribution in [2.45, 2.75) is 25.6 Å². The quantitative estimate of drug-likeness (QED) is 0.480. The lowest BCUT2D eigenvalue weighted by Gasteiger charge is -2.32. The molecule has 0 saturated carbocycles. The summed E-state index contributed by atoms with van der Waals surface area (Å²) in [6.45, 7) is 2.22. The Bertz CT molecular complexity index is 1270. The van der Waals surface area contributed by atoms with E-state index in [1.54, 1.807) is 49.4 Å². The molecule has 3 aromatic carbocycles. The second kappa shape index (κ2) is 10.1. The highest BCUT2D eigenvalue weighted by atomic mass is 16.7. The molecular formula is C27H25N3O6. The molecule has 184 valence electrons. The molecule has 0 aliphatic carbocycles. The smallest absolute Gasteiger partial charge is 0.417 e. The second-order valence-corrected chi connectivity index (χ2v) is 8.33. The van der Waals surface area contributed by atoms with Crippen molar-refractivity contribution < 1.29 is 28.7 Å². The van der Waals surface area contributed by atoms with Gasteiger partial charge >= 0.3 is 18.1 Å². The van der Waals surface area contributed by atoms with Crippen molar-refractivity contribution >= 4 is 23.8 Å². The van der Waals surface area contributed by atoms with Crippen LogP contribution in [-0.2, 0) is 21.0 Å². The van der Waals surface area contributed by atoms with E-state index in [0.717, 1.165) is 5.56 Å². The van der Waals surface area contributed by atoms with E-state index in [1.165, 1.54) is 9.96 Å². The zero-order chi connectivity index (χ0) is 25.1. The van der Waals surface area contributed by atoms with E-state index in [4.69, 9.17) is 14.3 Å². The predicted octanol–water partition coefficient (Wildman–Crippen LogP) is 4.83. The molecule has 1 N–H and O–H groups in total. The highest BCUT2D eigenvalue weighted by Gasteiger charge is 2.52. The molecule has 0 spiro atoms. The van der Waals surface area contributed by atoms with Gasteiger partial charge in [-0.25, -0.2) is 14.4 Å². The highest BCUT2D eigenvalue weighted by molar-refractivity contribution is 5.90. The number of hydrogen-bond acceptors (Lipinski definition) is 6. The van der Waals surface area contributed by atoms with E-state index in [0.29, 0.717) is 16.8 Å². The van der Waals surface area contributed by atoms with E-state index < -0.39 is 30.2 Å². The first-order valence-electron chi connectivity index (χ1n) is 11.7.